The van der Waals surface area contributed by atoms with Gasteiger partial charge in [-0.15, -0.1) is 0 Å². The van der Waals surface area contributed by atoms with Gasteiger partial charge in [-0.2, -0.15) is 5.26 Å². The lowest BCUT2D eigenvalue weighted by Gasteiger charge is -2.40. The van der Waals surface area contributed by atoms with Gasteiger partial charge in [-0.25, -0.2) is 9.18 Å². The number of hydrogen-bond donors (Lipinski definition) is 1. The van der Waals surface area contributed by atoms with Gasteiger partial charge >= 0.3 is 5.69 Å². The summed E-state index contributed by atoms with van der Waals surface area (Å²) in [5, 5.41) is 10.1. The predicted octanol–water partition coefficient (Wildman–Crippen LogP) is 5.73. The van der Waals surface area contributed by atoms with Gasteiger partial charge < -0.3 is 4.74 Å². The molecule has 0 saturated carbocycles. The van der Waals surface area contributed by atoms with E-state index in [0.717, 1.165) is 19.4 Å². The number of H-pyrrole nitrogens is 1. The highest BCUT2D eigenvalue weighted by atomic mass is 35.5. The van der Waals surface area contributed by atoms with Crippen molar-refractivity contribution >= 4 is 11.6 Å². The molecule has 1 saturated heterocycles. The minimum Gasteiger partial charge on any atom is -0.453 e. The molecule has 2 aromatic carbocycles. The molecule has 9 heteroatoms. The average molecular weight is 525 g/mol. The highest BCUT2D eigenvalue weighted by Crippen LogP contribution is 2.39. The van der Waals surface area contributed by atoms with Gasteiger partial charge in [-0.05, 0) is 62.9 Å². The summed E-state index contributed by atoms with van der Waals surface area (Å²) in [6, 6.07) is 11.4. The maximum atomic E-state index is 16.1. The molecule has 0 amide bonds. The van der Waals surface area contributed by atoms with Gasteiger partial charge in [0.15, 0.2) is 11.6 Å². The Bertz CT molecular complexity index is 1440. The zero-order chi connectivity index (χ0) is 26.7. The van der Waals surface area contributed by atoms with Crippen molar-refractivity contribution in [2.45, 2.75) is 52.1 Å². The van der Waals surface area contributed by atoms with Crippen molar-refractivity contribution in [1.29, 1.82) is 5.26 Å². The molecule has 37 heavy (non-hydrogen) atoms. The molecule has 4 rings (SSSR count). The lowest BCUT2D eigenvalue weighted by molar-refractivity contribution is 0.108. The van der Waals surface area contributed by atoms with Crippen molar-refractivity contribution < 1.29 is 9.13 Å². The van der Waals surface area contributed by atoms with Gasteiger partial charge in [-0.3, -0.25) is 19.2 Å². The summed E-state index contributed by atoms with van der Waals surface area (Å²) in [5.41, 5.74) is 0.172. The highest BCUT2D eigenvalue weighted by Gasteiger charge is 2.32. The SMILES string of the molecule is Cc1cn([C@H]2CCCN(C(CC(C)C)c3ccc(C#N)c(Oc4cccc(Cl)c4)c3F)C2)c(=O)[nH]c1=O. The van der Waals surface area contributed by atoms with Crippen LogP contribution in [-0.2, 0) is 0 Å². The smallest absolute Gasteiger partial charge is 0.328 e. The molecule has 0 spiro atoms. The van der Waals surface area contributed by atoms with Crippen molar-refractivity contribution in [3.63, 3.8) is 0 Å². The van der Waals surface area contributed by atoms with Gasteiger partial charge in [0.2, 0.25) is 0 Å². The van der Waals surface area contributed by atoms with Crippen LogP contribution in [0, 0.1) is 30.0 Å². The van der Waals surface area contributed by atoms with Crippen LogP contribution >= 0.6 is 11.6 Å². The van der Waals surface area contributed by atoms with E-state index in [9.17, 15) is 14.9 Å². The monoisotopic (exact) mass is 524 g/mol. The zero-order valence-electron chi connectivity index (χ0n) is 21.1. The first kappa shape index (κ1) is 26.6. The van der Waals surface area contributed by atoms with Gasteiger partial charge in [0, 0.05) is 34.9 Å². The average Bonchev–Trinajstić information content (AvgIpc) is 2.86. The second kappa shape index (κ2) is 11.3. The minimum atomic E-state index is -0.580. The first-order valence-corrected chi connectivity index (χ1v) is 12.8. The van der Waals surface area contributed by atoms with E-state index in [0.29, 0.717) is 34.9 Å². The van der Waals surface area contributed by atoms with Crippen LogP contribution in [0.15, 0.2) is 52.2 Å². The number of nitrogens with one attached hydrogen (secondary N) is 1. The summed E-state index contributed by atoms with van der Waals surface area (Å²) in [5.74, 6) is -0.108. The maximum absolute atomic E-state index is 16.1. The molecule has 1 aliphatic rings. The van der Waals surface area contributed by atoms with E-state index in [1.807, 2.05) is 6.07 Å². The molecule has 0 aliphatic carbocycles. The third kappa shape index (κ3) is 5.95. The van der Waals surface area contributed by atoms with E-state index < -0.39 is 17.1 Å². The summed E-state index contributed by atoms with van der Waals surface area (Å²) in [6.45, 7) is 7.08. The summed E-state index contributed by atoms with van der Waals surface area (Å²) < 4.78 is 23.5. The van der Waals surface area contributed by atoms with E-state index in [1.165, 1.54) is 0 Å². The molecule has 3 aromatic rings. The molecule has 2 heterocycles. The van der Waals surface area contributed by atoms with Gasteiger partial charge in [0.05, 0.1) is 11.6 Å². The number of rotatable bonds is 7. The van der Waals surface area contributed by atoms with Gasteiger partial charge in [0.25, 0.3) is 5.56 Å². The fraction of sp³-hybridized carbons (Fsp3) is 0.393. The van der Waals surface area contributed by atoms with Gasteiger partial charge in [-0.1, -0.05) is 37.6 Å². The largest absolute Gasteiger partial charge is 0.453 e. The van der Waals surface area contributed by atoms with Crippen LogP contribution in [0.2, 0.25) is 5.02 Å². The van der Waals surface area contributed by atoms with E-state index in [1.54, 1.807) is 54.1 Å². The predicted molar refractivity (Wildman–Crippen MR) is 141 cm³/mol. The normalized spacial score (nSPS) is 16.9. The van der Waals surface area contributed by atoms with E-state index in [2.05, 4.69) is 23.7 Å². The van der Waals surface area contributed by atoms with Crippen molar-refractivity contribution in [3.05, 3.63) is 91.0 Å². The number of benzene rings is 2. The van der Waals surface area contributed by atoms with Crippen LogP contribution in [0.25, 0.3) is 0 Å². The Labute approximate surface area is 220 Å². The molecule has 1 aliphatic heterocycles. The van der Waals surface area contributed by atoms with Gasteiger partial charge in [0.1, 0.15) is 11.8 Å². The molecule has 0 bridgehead atoms. The quantitative estimate of drug-likeness (QED) is 0.426. The van der Waals surface area contributed by atoms with Crippen molar-refractivity contribution in [2.24, 2.45) is 5.92 Å². The van der Waals surface area contributed by atoms with Crippen molar-refractivity contribution in [1.82, 2.24) is 14.5 Å². The molecule has 1 aromatic heterocycles. The number of aromatic nitrogens is 2. The Morgan fingerprint density at radius 2 is 2.05 bits per heavy atom. The molecule has 1 unspecified atom stereocenters. The third-order valence-corrected chi connectivity index (χ3v) is 6.96. The number of nitrogens with zero attached hydrogens (tertiary/aromatic N) is 3. The first-order chi connectivity index (χ1) is 17.7. The number of likely N-dealkylation sites (tertiary alicyclic amines) is 1. The number of halogens is 2. The zero-order valence-corrected chi connectivity index (χ0v) is 21.9. The highest BCUT2D eigenvalue weighted by molar-refractivity contribution is 6.30. The molecule has 194 valence electrons. The Hall–Kier alpha value is -3.41. The number of aromatic amines is 1. The molecular weight excluding hydrogens is 495 g/mol. The summed E-state index contributed by atoms with van der Waals surface area (Å²) in [4.78, 5) is 29.0. The molecule has 1 fully saturated rings. The number of aryl methyl sites for hydroxylation is 1. The third-order valence-electron chi connectivity index (χ3n) is 6.73. The fourth-order valence-electron chi connectivity index (χ4n) is 4.93. The molecule has 0 radical (unpaired) electrons. The lowest BCUT2D eigenvalue weighted by Crippen LogP contribution is -2.43. The number of piperidine rings is 1. The minimum absolute atomic E-state index is 0.0938. The number of ether oxygens (including phenoxy) is 1. The Kier molecular flexibility index (Phi) is 8.16. The topological polar surface area (TPSA) is 91.1 Å². The molecule has 1 N–H and O–H groups in total. The first-order valence-electron chi connectivity index (χ1n) is 12.4. The Balaban J connectivity index is 1.71. The van der Waals surface area contributed by atoms with E-state index >= 15 is 4.39 Å². The molecule has 2 atom stereocenters. The van der Waals surface area contributed by atoms with Crippen LogP contribution in [-0.4, -0.2) is 27.5 Å². The van der Waals surface area contributed by atoms with Crippen LogP contribution in [0.1, 0.15) is 61.9 Å². The Morgan fingerprint density at radius 1 is 1.27 bits per heavy atom. The molecular formula is C28H30ClFN4O3. The van der Waals surface area contributed by atoms with Crippen molar-refractivity contribution in [3.8, 4) is 17.6 Å². The van der Waals surface area contributed by atoms with Crippen LogP contribution in [0.4, 0.5) is 4.39 Å². The van der Waals surface area contributed by atoms with Crippen molar-refractivity contribution in [2.75, 3.05) is 13.1 Å². The second-order valence-electron chi connectivity index (χ2n) is 9.93. The van der Waals surface area contributed by atoms with Crippen LogP contribution in [0.5, 0.6) is 11.5 Å². The van der Waals surface area contributed by atoms with Crippen LogP contribution < -0.4 is 16.0 Å². The second-order valence-corrected chi connectivity index (χ2v) is 10.4. The number of nitriles is 1. The summed E-state index contributed by atoms with van der Waals surface area (Å²) >= 11 is 6.07. The number of hydrogen-bond acceptors (Lipinski definition) is 5. The summed E-state index contributed by atoms with van der Waals surface area (Å²) in [7, 11) is 0. The van der Waals surface area contributed by atoms with E-state index in [-0.39, 0.29) is 29.3 Å². The standard InChI is InChI=1S/C28H30ClFN4O3/c1-17(2)12-24(33-11-5-7-21(16-33)34-15-18(3)27(35)32-28(34)36)23-10-9-19(14-31)26(25(23)30)37-22-8-4-6-20(29)13-22/h4,6,8-10,13,15,17,21,24H,5,7,11-12,16H2,1-3H3,(H,32,35,36)/t21-,24?/m0/s1. The van der Waals surface area contributed by atoms with E-state index in [4.69, 9.17) is 16.3 Å². The Morgan fingerprint density at radius 3 is 2.76 bits per heavy atom. The fourth-order valence-corrected chi connectivity index (χ4v) is 5.12. The summed E-state index contributed by atoms with van der Waals surface area (Å²) in [6.07, 6.45) is 3.86. The van der Waals surface area contributed by atoms with Crippen LogP contribution in [0.3, 0.4) is 0 Å². The maximum Gasteiger partial charge on any atom is 0.328 e. The lowest BCUT2D eigenvalue weighted by atomic mass is 9.91. The molecule has 7 nitrogen and oxygen atoms in total.